The topological polar surface area (TPSA) is 81.2 Å². The third-order valence-electron chi connectivity index (χ3n) is 4.27. The monoisotopic (exact) mass is 367 g/mol. The maximum absolute atomic E-state index is 9.58. The van der Waals surface area contributed by atoms with Crippen molar-refractivity contribution in [3.8, 4) is 23.3 Å². The predicted octanol–water partition coefficient (Wildman–Crippen LogP) is 5.06. The van der Waals surface area contributed by atoms with E-state index >= 15 is 0 Å². The van der Waals surface area contributed by atoms with Crippen LogP contribution in [0.4, 0.5) is 5.69 Å². The molecule has 28 heavy (non-hydrogen) atoms. The van der Waals surface area contributed by atoms with Crippen molar-refractivity contribution in [2.24, 2.45) is 0 Å². The number of ether oxygens (including phenoxy) is 2. The summed E-state index contributed by atoms with van der Waals surface area (Å²) in [6.45, 7) is 0.378. The molecule has 0 saturated heterocycles. The van der Waals surface area contributed by atoms with E-state index < -0.39 is 0 Å². The molecule has 0 atom stereocenters. The molecule has 0 saturated carbocycles. The Labute approximate surface area is 162 Å². The zero-order valence-electron chi connectivity index (χ0n) is 15.0. The normalized spacial score (nSPS) is 10.4. The van der Waals surface area contributed by atoms with E-state index in [-0.39, 0.29) is 0 Å². The Kier molecular flexibility index (Phi) is 4.77. The number of nitrogen functional groups attached to an aromatic ring is 1. The lowest BCUT2D eigenvalue weighted by Crippen LogP contribution is -1.98. The molecule has 0 unspecified atom stereocenters. The second-order valence-corrected chi connectivity index (χ2v) is 6.23. The first-order chi connectivity index (χ1) is 13.7. The van der Waals surface area contributed by atoms with Gasteiger partial charge in [-0.25, -0.2) is 0 Å². The molecule has 1 heterocycles. The summed E-state index contributed by atoms with van der Waals surface area (Å²) in [5, 5.41) is 10.3. The van der Waals surface area contributed by atoms with Gasteiger partial charge in [-0.05, 0) is 42.0 Å². The number of nitrogens with zero attached hydrogens (tertiary/aromatic N) is 2. The minimum absolute atomic E-state index is 0.378. The Bertz CT molecular complexity index is 1150. The number of hydrogen-bond acceptors (Lipinski definition) is 5. The van der Waals surface area contributed by atoms with Gasteiger partial charge in [-0.2, -0.15) is 5.26 Å². The fourth-order valence-electron chi connectivity index (χ4n) is 2.84. The van der Waals surface area contributed by atoms with Gasteiger partial charge >= 0.3 is 0 Å². The van der Waals surface area contributed by atoms with Gasteiger partial charge in [0.1, 0.15) is 29.9 Å². The molecule has 0 aliphatic carbocycles. The number of hydrogen-bond donors (Lipinski definition) is 1. The summed E-state index contributed by atoms with van der Waals surface area (Å²) >= 11 is 0. The van der Waals surface area contributed by atoms with E-state index in [0.717, 1.165) is 10.9 Å². The van der Waals surface area contributed by atoms with E-state index in [4.69, 9.17) is 15.2 Å². The molecule has 0 spiro atoms. The van der Waals surface area contributed by atoms with E-state index in [0.29, 0.717) is 40.6 Å². The highest BCUT2D eigenvalue weighted by Gasteiger charge is 2.11. The van der Waals surface area contributed by atoms with Crippen molar-refractivity contribution < 1.29 is 9.47 Å². The van der Waals surface area contributed by atoms with Crippen LogP contribution in [0.1, 0.15) is 11.1 Å². The summed E-state index contributed by atoms with van der Waals surface area (Å²) in [4.78, 5) is 4.40. The van der Waals surface area contributed by atoms with Gasteiger partial charge in [-0.15, -0.1) is 0 Å². The van der Waals surface area contributed by atoms with Crippen molar-refractivity contribution in [2.75, 3.05) is 5.73 Å². The zero-order valence-corrected chi connectivity index (χ0v) is 15.0. The molecule has 0 amide bonds. The van der Waals surface area contributed by atoms with Gasteiger partial charge in [-0.1, -0.05) is 30.3 Å². The van der Waals surface area contributed by atoms with Gasteiger partial charge < -0.3 is 15.2 Å². The van der Waals surface area contributed by atoms with Crippen LogP contribution in [0.15, 0.2) is 79.0 Å². The van der Waals surface area contributed by atoms with Crippen LogP contribution < -0.4 is 15.2 Å². The first-order valence-corrected chi connectivity index (χ1v) is 8.76. The standard InChI is InChI=1S/C23H17N3O2/c24-14-17-12-20-21(13-23(17)27-15-16-4-2-1-3-5-16)26-11-10-22(20)28-19-8-6-18(25)7-9-19/h1-13H,15,25H2. The van der Waals surface area contributed by atoms with Crippen LogP contribution in [0.2, 0.25) is 0 Å². The van der Waals surface area contributed by atoms with Crippen LogP contribution >= 0.6 is 0 Å². The molecule has 3 aromatic carbocycles. The molecule has 1 aromatic heterocycles. The smallest absolute Gasteiger partial charge is 0.139 e. The van der Waals surface area contributed by atoms with Gasteiger partial charge in [0.25, 0.3) is 0 Å². The summed E-state index contributed by atoms with van der Waals surface area (Å²) in [6, 6.07) is 24.4. The number of fused-ring (bicyclic) bond motifs is 1. The first kappa shape index (κ1) is 17.4. The zero-order chi connectivity index (χ0) is 19.3. The maximum atomic E-state index is 9.58. The summed E-state index contributed by atoms with van der Waals surface area (Å²) in [5.74, 6) is 1.77. The average molecular weight is 367 g/mol. The second-order valence-electron chi connectivity index (χ2n) is 6.23. The lowest BCUT2D eigenvalue weighted by molar-refractivity contribution is 0.305. The average Bonchev–Trinajstić information content (AvgIpc) is 2.74. The molecule has 0 aliphatic heterocycles. The van der Waals surface area contributed by atoms with Crippen molar-refractivity contribution in [1.29, 1.82) is 5.26 Å². The second kappa shape index (κ2) is 7.68. The molecule has 0 fully saturated rings. The summed E-state index contributed by atoms with van der Waals surface area (Å²) in [6.07, 6.45) is 1.67. The van der Waals surface area contributed by atoms with E-state index in [1.54, 1.807) is 48.7 Å². The van der Waals surface area contributed by atoms with Crippen molar-refractivity contribution in [3.63, 3.8) is 0 Å². The summed E-state index contributed by atoms with van der Waals surface area (Å²) in [5.41, 5.74) is 8.53. The number of nitrogens with two attached hydrogens (primary N) is 1. The number of rotatable bonds is 5. The Balaban J connectivity index is 1.66. The van der Waals surface area contributed by atoms with Gasteiger partial charge in [0.2, 0.25) is 0 Å². The minimum atomic E-state index is 0.378. The highest BCUT2D eigenvalue weighted by molar-refractivity contribution is 5.88. The molecule has 0 aliphatic rings. The SMILES string of the molecule is N#Cc1cc2c(Oc3ccc(N)cc3)ccnc2cc1OCc1ccccc1. The van der Waals surface area contributed by atoms with Crippen LogP contribution in [-0.2, 0) is 6.61 Å². The minimum Gasteiger partial charge on any atom is -0.487 e. The summed E-state index contributed by atoms with van der Waals surface area (Å²) < 4.78 is 11.8. The van der Waals surface area contributed by atoms with Crippen molar-refractivity contribution in [2.45, 2.75) is 6.61 Å². The van der Waals surface area contributed by atoms with Crippen molar-refractivity contribution in [3.05, 3.63) is 90.1 Å². The molecular formula is C23H17N3O2. The van der Waals surface area contributed by atoms with Crippen LogP contribution in [0, 0.1) is 11.3 Å². The Morgan fingerprint density at radius 2 is 1.71 bits per heavy atom. The number of benzene rings is 3. The van der Waals surface area contributed by atoms with Crippen molar-refractivity contribution in [1.82, 2.24) is 4.98 Å². The first-order valence-electron chi connectivity index (χ1n) is 8.76. The van der Waals surface area contributed by atoms with Gasteiger partial charge in [-0.3, -0.25) is 4.98 Å². The Hall–Kier alpha value is -4.04. The van der Waals surface area contributed by atoms with E-state index in [1.807, 2.05) is 30.3 Å². The lowest BCUT2D eigenvalue weighted by atomic mass is 10.1. The van der Waals surface area contributed by atoms with Gasteiger partial charge in [0.05, 0.1) is 11.1 Å². The molecule has 2 N–H and O–H groups in total. The fraction of sp³-hybridized carbons (Fsp3) is 0.0435. The van der Waals surface area contributed by atoms with Gasteiger partial charge in [0, 0.05) is 23.3 Å². The molecule has 0 radical (unpaired) electrons. The number of pyridine rings is 1. The molecule has 136 valence electrons. The molecule has 5 heteroatoms. The van der Waals surface area contributed by atoms with Crippen LogP contribution in [-0.4, -0.2) is 4.98 Å². The lowest BCUT2D eigenvalue weighted by Gasteiger charge is -2.12. The predicted molar refractivity (Wildman–Crippen MR) is 108 cm³/mol. The molecule has 0 bridgehead atoms. The largest absolute Gasteiger partial charge is 0.487 e. The fourth-order valence-corrected chi connectivity index (χ4v) is 2.84. The number of nitriles is 1. The Morgan fingerprint density at radius 1 is 0.929 bits per heavy atom. The maximum Gasteiger partial charge on any atom is 0.139 e. The third kappa shape index (κ3) is 3.71. The van der Waals surface area contributed by atoms with Crippen LogP contribution in [0.25, 0.3) is 10.9 Å². The van der Waals surface area contributed by atoms with E-state index in [1.165, 1.54) is 0 Å². The van der Waals surface area contributed by atoms with Crippen LogP contribution in [0.3, 0.4) is 0 Å². The molecule has 4 rings (SSSR count). The number of aromatic nitrogens is 1. The van der Waals surface area contributed by atoms with E-state index in [9.17, 15) is 5.26 Å². The van der Waals surface area contributed by atoms with E-state index in [2.05, 4.69) is 11.1 Å². The Morgan fingerprint density at radius 3 is 2.46 bits per heavy atom. The molecule has 5 nitrogen and oxygen atoms in total. The number of anilines is 1. The molecule has 4 aromatic rings. The summed E-state index contributed by atoms with van der Waals surface area (Å²) in [7, 11) is 0. The molecular weight excluding hydrogens is 350 g/mol. The van der Waals surface area contributed by atoms with Crippen LogP contribution in [0.5, 0.6) is 17.2 Å². The highest BCUT2D eigenvalue weighted by atomic mass is 16.5. The van der Waals surface area contributed by atoms with Crippen molar-refractivity contribution >= 4 is 16.6 Å². The quantitative estimate of drug-likeness (QED) is 0.499. The highest BCUT2D eigenvalue weighted by Crippen LogP contribution is 2.33. The third-order valence-corrected chi connectivity index (χ3v) is 4.27. The van der Waals surface area contributed by atoms with Gasteiger partial charge in [0.15, 0.2) is 0 Å².